The van der Waals surface area contributed by atoms with Gasteiger partial charge in [0, 0.05) is 23.2 Å². The monoisotopic (exact) mass is 611 g/mol. The number of benzene rings is 3. The van der Waals surface area contributed by atoms with E-state index in [1.54, 1.807) is 42.6 Å². The van der Waals surface area contributed by atoms with Crippen molar-refractivity contribution in [3.05, 3.63) is 112 Å². The van der Waals surface area contributed by atoms with Crippen LogP contribution in [0.3, 0.4) is 0 Å². The van der Waals surface area contributed by atoms with Gasteiger partial charge in [0.2, 0.25) is 0 Å². The first-order valence-corrected chi connectivity index (χ1v) is 14.3. The summed E-state index contributed by atoms with van der Waals surface area (Å²) in [6.07, 6.45) is 3.00. The third-order valence-electron chi connectivity index (χ3n) is 6.02. The van der Waals surface area contributed by atoms with Crippen LogP contribution < -0.4 is 15.0 Å². The average molecular weight is 612 g/mol. The summed E-state index contributed by atoms with van der Waals surface area (Å²) in [7, 11) is 0. The van der Waals surface area contributed by atoms with Crippen LogP contribution in [0.15, 0.2) is 106 Å². The van der Waals surface area contributed by atoms with E-state index in [4.69, 9.17) is 17.0 Å². The van der Waals surface area contributed by atoms with Crippen molar-refractivity contribution in [1.82, 2.24) is 15.3 Å². The number of para-hydroxylation sites is 1. The van der Waals surface area contributed by atoms with Gasteiger partial charge in [0.05, 0.1) is 10.6 Å². The Morgan fingerprint density at radius 2 is 1.76 bits per heavy atom. The van der Waals surface area contributed by atoms with Crippen LogP contribution in [0.4, 0.5) is 11.4 Å². The molecule has 206 valence electrons. The van der Waals surface area contributed by atoms with Gasteiger partial charge in [0.25, 0.3) is 17.5 Å². The number of carbonyl (C=O) groups is 2. The number of carbonyl (C=O) groups excluding carboxylic acids is 2. The van der Waals surface area contributed by atoms with Gasteiger partial charge in [0.15, 0.2) is 9.45 Å². The minimum Gasteiger partial charge on any atom is -0.457 e. The van der Waals surface area contributed by atoms with E-state index in [0.29, 0.717) is 32.0 Å². The highest BCUT2D eigenvalue weighted by molar-refractivity contribution is 8.01. The predicted octanol–water partition coefficient (Wildman–Crippen LogP) is 6.37. The first-order valence-electron chi connectivity index (χ1n) is 12.3. The number of rotatable bonds is 7. The van der Waals surface area contributed by atoms with Crippen molar-refractivity contribution < 1.29 is 19.2 Å². The molecule has 2 amide bonds. The van der Waals surface area contributed by atoms with E-state index >= 15 is 0 Å². The fourth-order valence-corrected chi connectivity index (χ4v) is 6.38. The SMILES string of the molecule is O=C1NC(=S)N(c2ccc(Oc3ccccc3)cc2)C(=O)C1=Cc1cc([N+](=O)[O-])ccc1Sc1nc2cccnc2s1. The Morgan fingerprint density at radius 1 is 1.00 bits per heavy atom. The number of thiazole rings is 1. The Kier molecular flexibility index (Phi) is 7.44. The molecule has 0 aliphatic carbocycles. The number of hydrogen-bond donors (Lipinski definition) is 1. The van der Waals surface area contributed by atoms with Crippen LogP contribution in [-0.4, -0.2) is 31.8 Å². The quantitative estimate of drug-likeness (QED) is 0.0734. The Labute approximate surface area is 251 Å². The number of ether oxygens (including phenoxy) is 1. The molecule has 3 aromatic carbocycles. The maximum atomic E-state index is 13.7. The molecule has 0 saturated carbocycles. The third-order valence-corrected chi connectivity index (χ3v) is 8.44. The minimum absolute atomic E-state index is 0.0884. The summed E-state index contributed by atoms with van der Waals surface area (Å²) in [4.78, 5) is 49.0. The van der Waals surface area contributed by atoms with Gasteiger partial charge in [-0.05, 0) is 78.5 Å². The maximum absolute atomic E-state index is 13.7. The number of thiocarbonyl (C=S) groups is 1. The van der Waals surface area contributed by atoms with Gasteiger partial charge in [-0.25, -0.2) is 9.97 Å². The lowest BCUT2D eigenvalue weighted by Crippen LogP contribution is -2.54. The second kappa shape index (κ2) is 11.5. The molecule has 2 aromatic heterocycles. The number of nitro groups is 1. The van der Waals surface area contributed by atoms with E-state index in [1.165, 1.54) is 46.2 Å². The number of hydrogen-bond acceptors (Lipinski definition) is 10. The van der Waals surface area contributed by atoms with Gasteiger partial charge in [-0.2, -0.15) is 0 Å². The first kappa shape index (κ1) is 27.2. The summed E-state index contributed by atoms with van der Waals surface area (Å²) in [5, 5.41) is 14.0. The van der Waals surface area contributed by atoms with Crippen molar-refractivity contribution in [3.8, 4) is 11.5 Å². The second-order valence-corrected chi connectivity index (χ2v) is 11.4. The second-order valence-electron chi connectivity index (χ2n) is 8.76. The lowest BCUT2D eigenvalue weighted by molar-refractivity contribution is -0.384. The molecular weight excluding hydrogens is 595 g/mol. The summed E-state index contributed by atoms with van der Waals surface area (Å²) >= 11 is 7.94. The smallest absolute Gasteiger partial charge is 0.270 e. The topological polar surface area (TPSA) is 128 Å². The molecule has 5 aromatic rings. The number of anilines is 1. The van der Waals surface area contributed by atoms with Crippen molar-refractivity contribution >= 4 is 80.0 Å². The van der Waals surface area contributed by atoms with E-state index < -0.39 is 16.7 Å². The van der Waals surface area contributed by atoms with E-state index in [-0.39, 0.29) is 16.4 Å². The highest BCUT2D eigenvalue weighted by atomic mass is 32.2. The Hall–Kier alpha value is -4.98. The number of nitrogens with one attached hydrogen (secondary N) is 1. The van der Waals surface area contributed by atoms with Crippen LogP contribution in [0, 0.1) is 10.1 Å². The molecule has 0 spiro atoms. The molecule has 1 aliphatic heterocycles. The lowest BCUT2D eigenvalue weighted by Gasteiger charge is -2.29. The van der Waals surface area contributed by atoms with Gasteiger partial charge in [-0.15, -0.1) is 0 Å². The largest absolute Gasteiger partial charge is 0.457 e. The average Bonchev–Trinajstić information content (AvgIpc) is 3.39. The van der Waals surface area contributed by atoms with Crippen molar-refractivity contribution in [2.75, 3.05) is 4.90 Å². The van der Waals surface area contributed by atoms with Crippen LogP contribution in [-0.2, 0) is 9.59 Å². The van der Waals surface area contributed by atoms with Crippen molar-refractivity contribution in [1.29, 1.82) is 0 Å². The van der Waals surface area contributed by atoms with E-state index in [9.17, 15) is 19.7 Å². The molecule has 1 fully saturated rings. The van der Waals surface area contributed by atoms with Crippen LogP contribution in [0.25, 0.3) is 16.4 Å². The number of fused-ring (bicyclic) bond motifs is 1. The Morgan fingerprint density at radius 3 is 2.50 bits per heavy atom. The van der Waals surface area contributed by atoms with Crippen molar-refractivity contribution in [2.24, 2.45) is 0 Å². The zero-order chi connectivity index (χ0) is 29.2. The number of nitrogens with zero attached hydrogens (tertiary/aromatic N) is 4. The molecule has 42 heavy (non-hydrogen) atoms. The van der Waals surface area contributed by atoms with Crippen LogP contribution >= 0.6 is 35.3 Å². The molecule has 1 saturated heterocycles. The zero-order valence-corrected chi connectivity index (χ0v) is 23.7. The molecule has 0 bridgehead atoms. The lowest BCUT2D eigenvalue weighted by atomic mass is 10.1. The molecular formula is C29H17N5O5S3. The van der Waals surface area contributed by atoms with Crippen LogP contribution in [0.5, 0.6) is 11.5 Å². The number of nitro benzene ring substituents is 1. The van der Waals surface area contributed by atoms with Gasteiger partial charge < -0.3 is 4.74 Å². The fraction of sp³-hybridized carbons (Fsp3) is 0. The van der Waals surface area contributed by atoms with Gasteiger partial charge >= 0.3 is 0 Å². The molecule has 13 heteroatoms. The predicted molar refractivity (Wildman–Crippen MR) is 164 cm³/mol. The molecule has 0 unspecified atom stereocenters. The summed E-state index contributed by atoms with van der Waals surface area (Å²) in [5.41, 5.74) is 1.01. The minimum atomic E-state index is -0.711. The van der Waals surface area contributed by atoms with E-state index in [0.717, 1.165) is 10.3 Å². The first-order chi connectivity index (χ1) is 20.4. The summed E-state index contributed by atoms with van der Waals surface area (Å²) < 4.78 is 6.47. The number of amides is 2. The highest BCUT2D eigenvalue weighted by Crippen LogP contribution is 2.38. The standard InChI is InChI=1S/C29H17N5O5S3/c35-25-22(27(36)33(28(40)32-25)18-8-11-21(12-9-18)39-20-5-2-1-3-6-20)16-17-15-19(34(37)38)10-13-24(17)41-29-31-23-7-4-14-30-26(23)42-29/h1-16H,(H,32,35,40). The normalized spacial score (nSPS) is 14.3. The summed E-state index contributed by atoms with van der Waals surface area (Å²) in [6.45, 7) is 0. The fourth-order valence-electron chi connectivity index (χ4n) is 4.08. The number of non-ortho nitro benzene ring substituents is 1. The number of aromatic nitrogens is 2. The molecule has 0 atom stereocenters. The van der Waals surface area contributed by atoms with Gasteiger partial charge in [0.1, 0.15) is 27.4 Å². The molecule has 1 aliphatic rings. The van der Waals surface area contributed by atoms with Crippen molar-refractivity contribution in [2.45, 2.75) is 9.24 Å². The summed E-state index contributed by atoms with van der Waals surface area (Å²) in [5.74, 6) is -0.187. The van der Waals surface area contributed by atoms with Gasteiger partial charge in [-0.1, -0.05) is 41.3 Å². The molecule has 1 N–H and O–H groups in total. The van der Waals surface area contributed by atoms with Gasteiger partial charge in [-0.3, -0.25) is 29.9 Å². The zero-order valence-electron chi connectivity index (χ0n) is 21.3. The number of pyridine rings is 1. The highest BCUT2D eigenvalue weighted by Gasteiger charge is 2.35. The Balaban J connectivity index is 1.33. The molecule has 10 nitrogen and oxygen atoms in total. The van der Waals surface area contributed by atoms with Crippen LogP contribution in [0.2, 0.25) is 0 Å². The summed E-state index contributed by atoms with van der Waals surface area (Å²) in [6, 6.07) is 23.7. The van der Waals surface area contributed by atoms with E-state index in [1.807, 2.05) is 36.4 Å². The van der Waals surface area contributed by atoms with Crippen LogP contribution in [0.1, 0.15) is 5.56 Å². The molecule has 0 radical (unpaired) electrons. The molecule has 3 heterocycles. The van der Waals surface area contributed by atoms with Crippen molar-refractivity contribution in [3.63, 3.8) is 0 Å². The third kappa shape index (κ3) is 5.61. The molecule has 6 rings (SSSR count). The Bertz CT molecular complexity index is 1880. The maximum Gasteiger partial charge on any atom is 0.270 e. The van der Waals surface area contributed by atoms with E-state index in [2.05, 4.69) is 15.3 Å².